The number of benzene rings is 1. The fraction of sp³-hybridized carbons (Fsp3) is 0.333. The number of anilines is 1. The first kappa shape index (κ1) is 23.9. The molecule has 0 saturated carbocycles. The van der Waals surface area contributed by atoms with Gasteiger partial charge in [-0.2, -0.15) is 0 Å². The number of hydrogen-bond donors (Lipinski definition) is 1. The largest absolute Gasteiger partial charge is 0.345 e. The molecular weight excluding hydrogens is 458 g/mol. The third kappa shape index (κ3) is 4.40. The monoisotopic (exact) mass is 482 g/mol. The predicted octanol–water partition coefficient (Wildman–Crippen LogP) is 4.33. The zero-order valence-corrected chi connectivity index (χ0v) is 20.0. The molecule has 1 amide bonds. The molecule has 0 spiro atoms. The number of aromatic nitrogens is 2. The molecule has 172 valence electrons. The van der Waals surface area contributed by atoms with Crippen LogP contribution in [-0.2, 0) is 17.1 Å². The predicted molar refractivity (Wildman–Crippen MR) is 120 cm³/mol. The Morgan fingerprint density at radius 1 is 1.16 bits per heavy atom. The minimum absolute atomic E-state index is 0.0239. The molecule has 0 atom stereocenters. The van der Waals surface area contributed by atoms with Gasteiger partial charge in [0.25, 0.3) is 15.9 Å². The minimum Gasteiger partial charge on any atom is -0.345 e. The molecule has 0 bridgehead atoms. The molecule has 2 aromatic heterocycles. The van der Waals surface area contributed by atoms with Crippen molar-refractivity contribution in [3.8, 4) is 10.7 Å². The third-order valence-electron chi connectivity index (χ3n) is 5.21. The summed E-state index contributed by atoms with van der Waals surface area (Å²) >= 11 is 1.20. The zero-order chi connectivity index (χ0) is 23.8. The van der Waals surface area contributed by atoms with E-state index in [1.54, 1.807) is 30.4 Å². The lowest BCUT2D eigenvalue weighted by Crippen LogP contribution is -2.30. The average Bonchev–Trinajstić information content (AvgIpc) is 3.26. The molecule has 11 heteroatoms. The Morgan fingerprint density at radius 2 is 1.81 bits per heavy atom. The van der Waals surface area contributed by atoms with Crippen LogP contribution in [0.25, 0.3) is 10.7 Å². The van der Waals surface area contributed by atoms with Gasteiger partial charge in [0.15, 0.2) is 11.6 Å². The summed E-state index contributed by atoms with van der Waals surface area (Å²) in [5, 5.41) is 0.512. The van der Waals surface area contributed by atoms with E-state index in [1.165, 1.54) is 17.4 Å². The van der Waals surface area contributed by atoms with Crippen LogP contribution in [0.15, 0.2) is 29.2 Å². The lowest BCUT2D eigenvalue weighted by molar-refractivity contribution is 0.0777. The highest BCUT2D eigenvalue weighted by atomic mass is 32.2. The summed E-state index contributed by atoms with van der Waals surface area (Å²) in [4.78, 5) is 19.4. The van der Waals surface area contributed by atoms with Crippen molar-refractivity contribution in [3.05, 3.63) is 52.2 Å². The van der Waals surface area contributed by atoms with E-state index < -0.39 is 21.7 Å². The number of aryl methyl sites for hydroxylation is 1. The van der Waals surface area contributed by atoms with E-state index >= 15 is 0 Å². The number of nitrogens with one attached hydrogen (secondary N) is 1. The van der Waals surface area contributed by atoms with Crippen LogP contribution in [0.1, 0.15) is 34.9 Å². The number of sulfonamides is 1. The molecule has 7 nitrogen and oxygen atoms in total. The minimum atomic E-state index is -4.08. The second-order valence-corrected chi connectivity index (χ2v) is 9.83. The Bertz CT molecular complexity index is 1280. The molecule has 0 radical (unpaired) electrons. The molecular formula is C21H24F2N4O3S2. The van der Waals surface area contributed by atoms with Crippen LogP contribution in [0.4, 0.5) is 14.5 Å². The van der Waals surface area contributed by atoms with Gasteiger partial charge in [-0.25, -0.2) is 22.2 Å². The van der Waals surface area contributed by atoms with Gasteiger partial charge in [-0.1, -0.05) is 0 Å². The third-order valence-corrected chi connectivity index (χ3v) is 7.88. The van der Waals surface area contributed by atoms with Gasteiger partial charge < -0.3 is 9.47 Å². The number of rotatable bonds is 7. The summed E-state index contributed by atoms with van der Waals surface area (Å²) < 4.78 is 56.5. The second kappa shape index (κ2) is 8.99. The van der Waals surface area contributed by atoms with Gasteiger partial charge in [-0.05, 0) is 45.9 Å². The van der Waals surface area contributed by atoms with Gasteiger partial charge in [0.2, 0.25) is 0 Å². The van der Waals surface area contributed by atoms with Crippen molar-refractivity contribution in [2.24, 2.45) is 7.05 Å². The summed E-state index contributed by atoms with van der Waals surface area (Å²) in [7, 11) is -2.38. The molecule has 3 rings (SSSR count). The summed E-state index contributed by atoms with van der Waals surface area (Å²) in [6, 6.07) is 4.23. The highest BCUT2D eigenvalue weighted by molar-refractivity contribution is 7.92. The molecule has 0 saturated heterocycles. The van der Waals surface area contributed by atoms with Crippen LogP contribution >= 0.6 is 11.3 Å². The quantitative estimate of drug-likeness (QED) is 0.543. The normalized spacial score (nSPS) is 11.6. The Labute approximate surface area is 189 Å². The average molecular weight is 483 g/mol. The summed E-state index contributed by atoms with van der Waals surface area (Å²) in [6.07, 6.45) is 0. The van der Waals surface area contributed by atoms with E-state index in [2.05, 4.69) is 9.71 Å². The second-order valence-electron chi connectivity index (χ2n) is 7.18. The fourth-order valence-corrected chi connectivity index (χ4v) is 5.70. The maximum Gasteiger partial charge on any atom is 0.265 e. The van der Waals surface area contributed by atoms with Crippen molar-refractivity contribution < 1.29 is 22.0 Å². The Hall–Kier alpha value is -2.79. The van der Waals surface area contributed by atoms with Crippen LogP contribution in [-0.4, -0.2) is 41.9 Å². The van der Waals surface area contributed by atoms with Gasteiger partial charge in [-0.3, -0.25) is 9.52 Å². The van der Waals surface area contributed by atoms with Crippen molar-refractivity contribution in [1.29, 1.82) is 0 Å². The zero-order valence-electron chi connectivity index (χ0n) is 18.4. The first-order valence-corrected chi connectivity index (χ1v) is 12.2. The Kier molecular flexibility index (Phi) is 6.70. The first-order chi connectivity index (χ1) is 15.0. The first-order valence-electron chi connectivity index (χ1n) is 9.91. The van der Waals surface area contributed by atoms with Crippen molar-refractivity contribution in [2.75, 3.05) is 17.8 Å². The van der Waals surface area contributed by atoms with Gasteiger partial charge in [0, 0.05) is 31.9 Å². The highest BCUT2D eigenvalue weighted by Gasteiger charge is 2.26. The van der Waals surface area contributed by atoms with Crippen LogP contribution in [0.2, 0.25) is 0 Å². The van der Waals surface area contributed by atoms with E-state index in [-0.39, 0.29) is 16.5 Å². The molecule has 0 fully saturated rings. The van der Waals surface area contributed by atoms with E-state index in [0.29, 0.717) is 40.1 Å². The molecule has 1 N–H and O–H groups in total. The molecule has 0 aliphatic rings. The molecule has 0 unspecified atom stereocenters. The van der Waals surface area contributed by atoms with Gasteiger partial charge in [-0.15, -0.1) is 11.3 Å². The molecule has 2 heterocycles. The van der Waals surface area contributed by atoms with Crippen LogP contribution < -0.4 is 4.72 Å². The Morgan fingerprint density at radius 3 is 2.41 bits per heavy atom. The number of thiazole rings is 1. The van der Waals surface area contributed by atoms with E-state index in [0.717, 1.165) is 18.2 Å². The van der Waals surface area contributed by atoms with E-state index in [9.17, 15) is 22.0 Å². The lowest BCUT2D eigenvalue weighted by atomic mass is 10.3. The molecule has 0 aliphatic heterocycles. The molecule has 3 aromatic rings. The van der Waals surface area contributed by atoms with Crippen molar-refractivity contribution in [1.82, 2.24) is 14.5 Å². The van der Waals surface area contributed by atoms with Crippen LogP contribution in [0, 0.1) is 25.5 Å². The van der Waals surface area contributed by atoms with Crippen LogP contribution in [0.3, 0.4) is 0 Å². The van der Waals surface area contributed by atoms with Crippen molar-refractivity contribution >= 4 is 33.0 Å². The van der Waals surface area contributed by atoms with E-state index in [4.69, 9.17) is 0 Å². The van der Waals surface area contributed by atoms with Gasteiger partial charge in [0.05, 0.1) is 17.1 Å². The van der Waals surface area contributed by atoms with Gasteiger partial charge >= 0.3 is 0 Å². The fourth-order valence-electron chi connectivity index (χ4n) is 3.28. The van der Waals surface area contributed by atoms with E-state index in [1.807, 2.05) is 13.8 Å². The standard InChI is InChI=1S/C21H24F2N4O3S2/c1-6-27(7-2)21(28)19-12(3)24-20(31-19)17-11-18(13(4)26(17)5)32(29,30)25-14-8-9-15(22)16(23)10-14/h8-11,25H,6-7H2,1-5H3. The van der Waals surface area contributed by atoms with Crippen LogP contribution in [0.5, 0.6) is 0 Å². The number of hydrogen-bond acceptors (Lipinski definition) is 5. The SMILES string of the molecule is CCN(CC)C(=O)c1sc(-c2cc(S(=O)(=O)Nc3ccc(F)c(F)c3)c(C)n2C)nc1C. The molecule has 32 heavy (non-hydrogen) atoms. The van der Waals surface area contributed by atoms with Crippen molar-refractivity contribution in [2.45, 2.75) is 32.6 Å². The lowest BCUT2D eigenvalue weighted by Gasteiger charge is -2.17. The Balaban J connectivity index is 1.99. The number of carbonyl (C=O) groups is 1. The number of nitrogens with zero attached hydrogens (tertiary/aromatic N) is 3. The summed E-state index contributed by atoms with van der Waals surface area (Å²) in [6.45, 7) is 8.32. The highest BCUT2D eigenvalue weighted by Crippen LogP contribution is 2.33. The topological polar surface area (TPSA) is 84.3 Å². The maximum absolute atomic E-state index is 13.5. The molecule has 0 aliphatic carbocycles. The summed E-state index contributed by atoms with van der Waals surface area (Å²) in [5.41, 5.74) is 1.44. The maximum atomic E-state index is 13.5. The molecule has 1 aromatic carbocycles. The number of amides is 1. The van der Waals surface area contributed by atoms with Gasteiger partial charge in [0.1, 0.15) is 14.8 Å². The summed E-state index contributed by atoms with van der Waals surface area (Å²) in [5.74, 6) is -2.34. The number of carbonyl (C=O) groups excluding carboxylic acids is 1. The number of halogens is 2. The van der Waals surface area contributed by atoms with Crippen molar-refractivity contribution in [3.63, 3.8) is 0 Å². The smallest absolute Gasteiger partial charge is 0.265 e.